The van der Waals surface area contributed by atoms with Crippen molar-refractivity contribution in [1.82, 2.24) is 10.2 Å². The number of halogens is 1. The van der Waals surface area contributed by atoms with Crippen molar-refractivity contribution in [3.63, 3.8) is 0 Å². The van der Waals surface area contributed by atoms with Gasteiger partial charge in [0.15, 0.2) is 0 Å². The minimum absolute atomic E-state index is 0.0982. The van der Waals surface area contributed by atoms with Crippen LogP contribution in [-0.4, -0.2) is 35.8 Å². The normalized spacial score (nSPS) is 34.1. The van der Waals surface area contributed by atoms with E-state index in [1.165, 1.54) is 49.9 Å². The molecule has 0 aromatic heterocycles. The predicted molar refractivity (Wildman–Crippen MR) is 109 cm³/mol. The molecule has 6 rings (SSSR count). The van der Waals surface area contributed by atoms with Crippen LogP contribution in [0, 0.1) is 29.0 Å². The van der Waals surface area contributed by atoms with Crippen molar-refractivity contribution in [3.05, 3.63) is 35.6 Å². The number of rotatable bonds is 4. The second-order valence-corrected chi connectivity index (χ2v) is 10.1. The molecule has 4 saturated carbocycles. The standard InChI is InChI=1S/C24H31FN2O2/c25-20-6-4-19(5-7-20)22(28)26-21(23(29)27-8-2-1-3-9-27)24-13-16-10-17(14-24)12-18(11-16)15-24/h4-7,16-18,21H,1-3,8-15H2,(H,26,28). The molecule has 4 bridgehead atoms. The molecule has 0 spiro atoms. The van der Waals surface area contributed by atoms with Gasteiger partial charge in [-0.3, -0.25) is 9.59 Å². The summed E-state index contributed by atoms with van der Waals surface area (Å²) in [6.07, 6.45) is 10.4. The van der Waals surface area contributed by atoms with Gasteiger partial charge in [0, 0.05) is 24.1 Å². The lowest BCUT2D eigenvalue weighted by Gasteiger charge is -2.59. The first-order valence-corrected chi connectivity index (χ1v) is 11.4. The molecule has 5 aliphatic rings. The van der Waals surface area contributed by atoms with Gasteiger partial charge in [0.25, 0.3) is 5.91 Å². The number of piperidine rings is 1. The van der Waals surface area contributed by atoms with Gasteiger partial charge in [0.1, 0.15) is 11.9 Å². The Hall–Kier alpha value is -1.91. The van der Waals surface area contributed by atoms with Gasteiger partial charge in [-0.25, -0.2) is 4.39 Å². The van der Waals surface area contributed by atoms with Crippen molar-refractivity contribution in [1.29, 1.82) is 0 Å². The van der Waals surface area contributed by atoms with Crippen LogP contribution in [0.5, 0.6) is 0 Å². The highest BCUT2D eigenvalue weighted by atomic mass is 19.1. The van der Waals surface area contributed by atoms with Crippen LogP contribution < -0.4 is 5.32 Å². The first-order chi connectivity index (χ1) is 14.0. The lowest BCUT2D eigenvalue weighted by atomic mass is 9.47. The molecule has 156 valence electrons. The van der Waals surface area contributed by atoms with Crippen LogP contribution in [0.25, 0.3) is 0 Å². The summed E-state index contributed by atoms with van der Waals surface area (Å²) in [4.78, 5) is 28.7. The van der Waals surface area contributed by atoms with E-state index in [2.05, 4.69) is 5.32 Å². The molecule has 1 aromatic rings. The fraction of sp³-hybridized carbons (Fsp3) is 0.667. The van der Waals surface area contributed by atoms with E-state index in [0.29, 0.717) is 23.3 Å². The molecule has 1 unspecified atom stereocenters. The number of carbonyl (C=O) groups is 2. The van der Waals surface area contributed by atoms with E-state index in [9.17, 15) is 14.0 Å². The van der Waals surface area contributed by atoms with E-state index in [1.54, 1.807) is 0 Å². The zero-order chi connectivity index (χ0) is 20.0. The van der Waals surface area contributed by atoms with Crippen LogP contribution in [0.2, 0.25) is 0 Å². The van der Waals surface area contributed by atoms with Crippen LogP contribution in [-0.2, 0) is 4.79 Å². The summed E-state index contributed by atoms with van der Waals surface area (Å²) >= 11 is 0. The van der Waals surface area contributed by atoms with Crippen molar-refractivity contribution in [2.45, 2.75) is 63.8 Å². The second-order valence-electron chi connectivity index (χ2n) is 10.1. The minimum Gasteiger partial charge on any atom is -0.341 e. The molecule has 1 saturated heterocycles. The Morgan fingerprint density at radius 2 is 1.48 bits per heavy atom. The molecule has 2 amide bonds. The lowest BCUT2D eigenvalue weighted by molar-refractivity contribution is -0.145. The smallest absolute Gasteiger partial charge is 0.251 e. The van der Waals surface area contributed by atoms with Gasteiger partial charge in [0.2, 0.25) is 5.91 Å². The minimum atomic E-state index is -0.452. The van der Waals surface area contributed by atoms with Crippen LogP contribution in [0.4, 0.5) is 4.39 Å². The number of amides is 2. The summed E-state index contributed by atoms with van der Waals surface area (Å²) in [5, 5.41) is 3.15. The fourth-order valence-corrected chi connectivity index (χ4v) is 7.12. The van der Waals surface area contributed by atoms with Crippen LogP contribution >= 0.6 is 0 Å². The molecule has 1 heterocycles. The van der Waals surface area contributed by atoms with Gasteiger partial charge >= 0.3 is 0 Å². The molecular formula is C24H31FN2O2. The molecule has 5 fully saturated rings. The van der Waals surface area contributed by atoms with E-state index >= 15 is 0 Å². The molecule has 29 heavy (non-hydrogen) atoms. The van der Waals surface area contributed by atoms with Gasteiger partial charge in [-0.05, 0) is 99.8 Å². The highest BCUT2D eigenvalue weighted by molar-refractivity contribution is 5.97. The van der Waals surface area contributed by atoms with Gasteiger partial charge in [-0.1, -0.05) is 0 Å². The average Bonchev–Trinajstić information content (AvgIpc) is 2.71. The third kappa shape index (κ3) is 3.57. The molecule has 0 radical (unpaired) electrons. The maximum absolute atomic E-state index is 13.7. The zero-order valence-corrected chi connectivity index (χ0v) is 17.0. The Balaban J connectivity index is 1.43. The van der Waals surface area contributed by atoms with Crippen LogP contribution in [0.1, 0.15) is 68.1 Å². The van der Waals surface area contributed by atoms with Crippen molar-refractivity contribution in [3.8, 4) is 0 Å². The number of benzene rings is 1. The van der Waals surface area contributed by atoms with E-state index in [0.717, 1.165) is 45.2 Å². The van der Waals surface area contributed by atoms with Crippen molar-refractivity contribution < 1.29 is 14.0 Å². The van der Waals surface area contributed by atoms with Gasteiger partial charge in [-0.2, -0.15) is 0 Å². The third-order valence-corrected chi connectivity index (χ3v) is 7.99. The molecule has 1 N–H and O–H groups in total. The summed E-state index contributed by atoms with van der Waals surface area (Å²) in [7, 11) is 0. The van der Waals surface area contributed by atoms with E-state index < -0.39 is 6.04 Å². The monoisotopic (exact) mass is 398 g/mol. The first-order valence-electron chi connectivity index (χ1n) is 11.4. The van der Waals surface area contributed by atoms with Gasteiger partial charge in [0.05, 0.1) is 0 Å². The maximum Gasteiger partial charge on any atom is 0.251 e. The van der Waals surface area contributed by atoms with E-state index in [1.807, 2.05) is 4.90 Å². The second kappa shape index (κ2) is 7.41. The largest absolute Gasteiger partial charge is 0.341 e. The van der Waals surface area contributed by atoms with E-state index in [-0.39, 0.29) is 23.0 Å². The lowest BCUT2D eigenvalue weighted by Crippen LogP contribution is -2.62. The van der Waals surface area contributed by atoms with Crippen LogP contribution in [0.3, 0.4) is 0 Å². The SMILES string of the molecule is O=C(NC(C(=O)N1CCCCC1)C12CC3CC(CC(C3)C1)C2)c1ccc(F)cc1. The van der Waals surface area contributed by atoms with Crippen molar-refractivity contribution in [2.24, 2.45) is 23.2 Å². The van der Waals surface area contributed by atoms with Gasteiger partial charge < -0.3 is 10.2 Å². The molecule has 5 heteroatoms. The molecule has 1 aromatic carbocycles. The first kappa shape index (κ1) is 19.1. The molecule has 1 aliphatic heterocycles. The predicted octanol–water partition coefficient (Wildman–Crippen LogP) is 4.15. The third-order valence-electron chi connectivity index (χ3n) is 7.99. The fourth-order valence-electron chi connectivity index (χ4n) is 7.12. The summed E-state index contributed by atoms with van der Waals surface area (Å²) < 4.78 is 13.3. The number of nitrogens with one attached hydrogen (secondary N) is 1. The van der Waals surface area contributed by atoms with Crippen molar-refractivity contribution >= 4 is 11.8 Å². The molecule has 1 atom stereocenters. The number of carbonyl (C=O) groups excluding carboxylic acids is 2. The Labute approximate surface area is 172 Å². The molecule has 4 aliphatic carbocycles. The van der Waals surface area contributed by atoms with E-state index in [4.69, 9.17) is 0 Å². The summed E-state index contributed by atoms with van der Waals surface area (Å²) in [6.45, 7) is 1.60. The summed E-state index contributed by atoms with van der Waals surface area (Å²) in [5.41, 5.74) is 0.325. The Morgan fingerprint density at radius 3 is 2.03 bits per heavy atom. The average molecular weight is 399 g/mol. The van der Waals surface area contributed by atoms with Crippen LogP contribution in [0.15, 0.2) is 24.3 Å². The summed E-state index contributed by atoms with van der Waals surface area (Å²) in [5.74, 6) is 1.63. The maximum atomic E-state index is 13.7. The molecule has 4 nitrogen and oxygen atoms in total. The number of nitrogens with zero attached hydrogens (tertiary/aromatic N) is 1. The van der Waals surface area contributed by atoms with Crippen molar-refractivity contribution in [2.75, 3.05) is 13.1 Å². The zero-order valence-electron chi connectivity index (χ0n) is 17.0. The Bertz CT molecular complexity index is 749. The topological polar surface area (TPSA) is 49.4 Å². The highest BCUT2D eigenvalue weighted by Gasteiger charge is 2.56. The Morgan fingerprint density at radius 1 is 0.931 bits per heavy atom. The van der Waals surface area contributed by atoms with Gasteiger partial charge in [-0.15, -0.1) is 0 Å². The molecular weight excluding hydrogens is 367 g/mol. The quantitative estimate of drug-likeness (QED) is 0.828. The Kier molecular flexibility index (Phi) is 4.87. The highest BCUT2D eigenvalue weighted by Crippen LogP contribution is 2.61. The number of likely N-dealkylation sites (tertiary alicyclic amines) is 1. The number of hydrogen-bond acceptors (Lipinski definition) is 2. The number of hydrogen-bond donors (Lipinski definition) is 1. The summed E-state index contributed by atoms with van der Waals surface area (Å²) in [6, 6.07) is 5.17.